The first-order valence-electron chi connectivity index (χ1n) is 7.19. The molecule has 0 aromatic carbocycles. The van der Waals surface area contributed by atoms with Crippen molar-refractivity contribution in [2.75, 3.05) is 0 Å². The second-order valence-electron chi connectivity index (χ2n) is 4.88. The normalized spacial score (nSPS) is 12.7. The van der Waals surface area contributed by atoms with Crippen molar-refractivity contribution in [1.29, 1.82) is 0 Å². The Labute approximate surface area is 115 Å². The summed E-state index contributed by atoms with van der Waals surface area (Å²) >= 11 is 0. The molecular formula is C15H26O4. The third kappa shape index (κ3) is 11.5. The van der Waals surface area contributed by atoms with Crippen LogP contribution in [0.2, 0.25) is 0 Å². The zero-order chi connectivity index (χ0) is 14.5. The maximum absolute atomic E-state index is 10.8. The average Bonchev–Trinajstić information content (AvgIpc) is 2.34. The van der Waals surface area contributed by atoms with E-state index < -0.39 is 17.9 Å². The summed E-state index contributed by atoms with van der Waals surface area (Å²) in [4.78, 5) is 21.3. The van der Waals surface area contributed by atoms with Crippen LogP contribution >= 0.6 is 0 Å². The standard InChI is InChI=1S/C15H26O4/c1-2-3-4-5-6-7-8-9-10-11-13(15(18)19)12-14(16)17/h10-11,13H,2-9,12H2,1H3,(H,16,17)(H,18,19)/b11-10+. The summed E-state index contributed by atoms with van der Waals surface area (Å²) in [5, 5.41) is 17.4. The number of rotatable bonds is 12. The minimum atomic E-state index is -1.08. The van der Waals surface area contributed by atoms with Crippen molar-refractivity contribution in [3.8, 4) is 0 Å². The first-order chi connectivity index (χ1) is 9.07. The smallest absolute Gasteiger partial charge is 0.310 e. The van der Waals surface area contributed by atoms with Crippen LogP contribution in [-0.2, 0) is 9.59 Å². The lowest BCUT2D eigenvalue weighted by atomic mass is 10.0. The van der Waals surface area contributed by atoms with Crippen molar-refractivity contribution in [2.45, 2.75) is 64.7 Å². The molecule has 0 heterocycles. The van der Waals surface area contributed by atoms with Crippen LogP contribution in [0.25, 0.3) is 0 Å². The lowest BCUT2D eigenvalue weighted by molar-refractivity contribution is -0.146. The molecule has 0 saturated heterocycles. The molecule has 0 aliphatic rings. The Balaban J connectivity index is 3.64. The topological polar surface area (TPSA) is 74.6 Å². The third-order valence-corrected chi connectivity index (χ3v) is 3.05. The van der Waals surface area contributed by atoms with Crippen molar-refractivity contribution >= 4 is 11.9 Å². The molecule has 0 radical (unpaired) electrons. The van der Waals surface area contributed by atoms with E-state index in [9.17, 15) is 9.59 Å². The minimum absolute atomic E-state index is 0.344. The molecule has 0 bridgehead atoms. The van der Waals surface area contributed by atoms with Crippen LogP contribution in [0.1, 0.15) is 64.7 Å². The predicted molar refractivity (Wildman–Crippen MR) is 75.1 cm³/mol. The van der Waals surface area contributed by atoms with E-state index in [2.05, 4.69) is 6.92 Å². The Kier molecular flexibility index (Phi) is 10.9. The highest BCUT2D eigenvalue weighted by molar-refractivity contribution is 5.79. The Bertz CT molecular complexity index is 284. The maximum atomic E-state index is 10.8. The quantitative estimate of drug-likeness (QED) is 0.417. The average molecular weight is 270 g/mol. The lowest BCUT2D eigenvalue weighted by Gasteiger charge is -2.03. The molecule has 0 aliphatic carbocycles. The number of aliphatic carboxylic acids is 2. The number of unbranched alkanes of at least 4 members (excludes halogenated alkanes) is 7. The van der Waals surface area contributed by atoms with Gasteiger partial charge in [0.25, 0.3) is 0 Å². The van der Waals surface area contributed by atoms with Gasteiger partial charge in [0.1, 0.15) is 0 Å². The van der Waals surface area contributed by atoms with Crippen molar-refractivity contribution in [3.63, 3.8) is 0 Å². The summed E-state index contributed by atoms with van der Waals surface area (Å²) in [5.41, 5.74) is 0. The van der Waals surface area contributed by atoms with E-state index >= 15 is 0 Å². The van der Waals surface area contributed by atoms with Gasteiger partial charge in [0.2, 0.25) is 0 Å². The molecule has 0 rings (SSSR count). The molecule has 4 heteroatoms. The highest BCUT2D eigenvalue weighted by Crippen LogP contribution is 2.10. The SMILES string of the molecule is CCCCCCCCC/C=C/C(CC(=O)O)C(=O)O. The number of hydrogen-bond acceptors (Lipinski definition) is 2. The van der Waals surface area contributed by atoms with Gasteiger partial charge in [-0.25, -0.2) is 0 Å². The Morgan fingerprint density at radius 1 is 1.00 bits per heavy atom. The van der Waals surface area contributed by atoms with Gasteiger partial charge in [0, 0.05) is 0 Å². The molecule has 0 spiro atoms. The molecular weight excluding hydrogens is 244 g/mol. The zero-order valence-corrected chi connectivity index (χ0v) is 11.8. The third-order valence-electron chi connectivity index (χ3n) is 3.05. The molecule has 0 fully saturated rings. The molecule has 19 heavy (non-hydrogen) atoms. The van der Waals surface area contributed by atoms with Crippen LogP contribution < -0.4 is 0 Å². The number of carbonyl (C=O) groups is 2. The van der Waals surface area contributed by atoms with Crippen LogP contribution in [0.5, 0.6) is 0 Å². The Hall–Kier alpha value is -1.32. The summed E-state index contributed by atoms with van der Waals surface area (Å²) in [7, 11) is 0. The van der Waals surface area contributed by atoms with E-state index in [-0.39, 0.29) is 6.42 Å². The van der Waals surface area contributed by atoms with Gasteiger partial charge in [-0.15, -0.1) is 0 Å². The van der Waals surface area contributed by atoms with Crippen molar-refractivity contribution in [1.82, 2.24) is 0 Å². The first-order valence-corrected chi connectivity index (χ1v) is 7.19. The second-order valence-corrected chi connectivity index (χ2v) is 4.88. The van der Waals surface area contributed by atoms with E-state index in [1.807, 2.05) is 0 Å². The van der Waals surface area contributed by atoms with E-state index in [0.717, 1.165) is 19.3 Å². The van der Waals surface area contributed by atoms with Crippen LogP contribution in [0.4, 0.5) is 0 Å². The van der Waals surface area contributed by atoms with Gasteiger partial charge in [-0.2, -0.15) is 0 Å². The number of allylic oxidation sites excluding steroid dienone is 1. The van der Waals surface area contributed by atoms with Crippen LogP contribution in [-0.4, -0.2) is 22.2 Å². The van der Waals surface area contributed by atoms with Crippen LogP contribution in [0.3, 0.4) is 0 Å². The fraction of sp³-hybridized carbons (Fsp3) is 0.733. The number of carboxylic acids is 2. The molecule has 1 atom stereocenters. The molecule has 2 N–H and O–H groups in total. The van der Waals surface area contributed by atoms with Gasteiger partial charge in [-0.05, 0) is 12.8 Å². The summed E-state index contributed by atoms with van der Waals surface area (Å²) in [6.07, 6.45) is 12.3. The molecule has 0 amide bonds. The highest BCUT2D eigenvalue weighted by atomic mass is 16.4. The molecule has 4 nitrogen and oxygen atoms in total. The van der Waals surface area contributed by atoms with Crippen LogP contribution in [0, 0.1) is 5.92 Å². The molecule has 110 valence electrons. The molecule has 0 aliphatic heterocycles. The molecule has 0 saturated carbocycles. The van der Waals surface area contributed by atoms with Gasteiger partial charge in [0.05, 0.1) is 12.3 Å². The first kappa shape index (κ1) is 17.7. The van der Waals surface area contributed by atoms with Gasteiger partial charge in [-0.3, -0.25) is 9.59 Å². The van der Waals surface area contributed by atoms with Crippen molar-refractivity contribution < 1.29 is 19.8 Å². The fourth-order valence-corrected chi connectivity index (χ4v) is 1.91. The summed E-state index contributed by atoms with van der Waals surface area (Å²) in [6, 6.07) is 0. The van der Waals surface area contributed by atoms with Gasteiger partial charge < -0.3 is 10.2 Å². The molecule has 0 aromatic rings. The van der Waals surface area contributed by atoms with E-state index in [1.165, 1.54) is 38.2 Å². The number of hydrogen-bond donors (Lipinski definition) is 2. The summed E-state index contributed by atoms with van der Waals surface area (Å²) in [6.45, 7) is 2.20. The van der Waals surface area contributed by atoms with Crippen LogP contribution in [0.15, 0.2) is 12.2 Å². The van der Waals surface area contributed by atoms with Gasteiger partial charge >= 0.3 is 11.9 Å². The lowest BCUT2D eigenvalue weighted by Crippen LogP contribution is -2.15. The number of carboxylic acid groups (broad SMARTS) is 2. The molecule has 0 aromatic heterocycles. The van der Waals surface area contributed by atoms with Gasteiger partial charge in [0.15, 0.2) is 0 Å². The highest BCUT2D eigenvalue weighted by Gasteiger charge is 2.17. The van der Waals surface area contributed by atoms with Crippen molar-refractivity contribution in [2.24, 2.45) is 5.92 Å². The maximum Gasteiger partial charge on any atom is 0.310 e. The van der Waals surface area contributed by atoms with Gasteiger partial charge in [-0.1, -0.05) is 57.6 Å². The minimum Gasteiger partial charge on any atom is -0.481 e. The predicted octanol–water partition coefficient (Wildman–Crippen LogP) is 3.86. The molecule has 1 unspecified atom stereocenters. The Morgan fingerprint density at radius 3 is 2.11 bits per heavy atom. The summed E-state index contributed by atoms with van der Waals surface area (Å²) < 4.78 is 0. The van der Waals surface area contributed by atoms with Crippen molar-refractivity contribution in [3.05, 3.63) is 12.2 Å². The Morgan fingerprint density at radius 2 is 1.58 bits per heavy atom. The van der Waals surface area contributed by atoms with E-state index in [1.54, 1.807) is 6.08 Å². The second kappa shape index (κ2) is 11.8. The fourth-order valence-electron chi connectivity index (χ4n) is 1.91. The van der Waals surface area contributed by atoms with E-state index in [0.29, 0.717) is 0 Å². The zero-order valence-electron chi connectivity index (χ0n) is 11.8. The van der Waals surface area contributed by atoms with E-state index in [4.69, 9.17) is 10.2 Å². The summed E-state index contributed by atoms with van der Waals surface area (Å²) in [5.74, 6) is -3.05. The monoisotopic (exact) mass is 270 g/mol. The largest absolute Gasteiger partial charge is 0.481 e.